The van der Waals surface area contributed by atoms with Crippen molar-refractivity contribution in [2.75, 3.05) is 0 Å². The summed E-state index contributed by atoms with van der Waals surface area (Å²) in [7, 11) is 0. The van der Waals surface area contributed by atoms with Crippen molar-refractivity contribution < 1.29 is 9.59 Å². The number of rotatable bonds is 9. The molecule has 0 aliphatic heterocycles. The summed E-state index contributed by atoms with van der Waals surface area (Å²) in [6, 6.07) is 15.6. The topological polar surface area (TPSA) is 49.4 Å². The molecule has 2 aromatic rings. The van der Waals surface area contributed by atoms with Crippen molar-refractivity contribution in [3.05, 3.63) is 69.7 Å². The Labute approximate surface area is 182 Å². The number of benzene rings is 2. The van der Waals surface area contributed by atoms with E-state index in [0.717, 1.165) is 22.0 Å². The summed E-state index contributed by atoms with van der Waals surface area (Å²) in [6.45, 7) is 8.26. The molecule has 0 radical (unpaired) electrons. The van der Waals surface area contributed by atoms with Crippen molar-refractivity contribution in [1.29, 1.82) is 0 Å². The molecule has 29 heavy (non-hydrogen) atoms. The Hall–Kier alpha value is -2.14. The maximum atomic E-state index is 13.1. The van der Waals surface area contributed by atoms with Crippen molar-refractivity contribution in [3.63, 3.8) is 0 Å². The molecule has 0 heterocycles. The molecule has 0 saturated carbocycles. The fourth-order valence-electron chi connectivity index (χ4n) is 3.03. The van der Waals surface area contributed by atoms with E-state index in [0.29, 0.717) is 19.4 Å². The molecule has 2 unspecified atom stereocenters. The third kappa shape index (κ3) is 7.32. The molecular formula is C24H31BrN2O2. The van der Waals surface area contributed by atoms with Gasteiger partial charge in [0.2, 0.25) is 11.8 Å². The highest BCUT2D eigenvalue weighted by Gasteiger charge is 2.26. The third-order valence-corrected chi connectivity index (χ3v) is 5.65. The first kappa shape index (κ1) is 23.1. The molecule has 2 aromatic carbocycles. The minimum atomic E-state index is -0.534. The Balaban J connectivity index is 2.14. The van der Waals surface area contributed by atoms with Crippen LogP contribution in [0.2, 0.25) is 0 Å². The van der Waals surface area contributed by atoms with Crippen LogP contribution in [0.3, 0.4) is 0 Å². The number of hydrogen-bond acceptors (Lipinski definition) is 2. The zero-order valence-corrected chi connectivity index (χ0v) is 19.3. The first-order valence-corrected chi connectivity index (χ1v) is 11.0. The summed E-state index contributed by atoms with van der Waals surface area (Å²) >= 11 is 3.48. The van der Waals surface area contributed by atoms with Gasteiger partial charge in [-0.25, -0.2) is 0 Å². The van der Waals surface area contributed by atoms with Gasteiger partial charge in [0, 0.05) is 23.5 Å². The molecule has 0 aliphatic rings. The van der Waals surface area contributed by atoms with Crippen LogP contribution >= 0.6 is 15.9 Å². The van der Waals surface area contributed by atoms with Crippen LogP contribution < -0.4 is 5.32 Å². The van der Waals surface area contributed by atoms with E-state index >= 15 is 0 Å². The molecule has 2 amide bonds. The fourth-order valence-corrected chi connectivity index (χ4v) is 3.48. The lowest BCUT2D eigenvalue weighted by atomic mass is 10.1. The highest BCUT2D eigenvalue weighted by atomic mass is 79.9. The van der Waals surface area contributed by atoms with E-state index < -0.39 is 6.04 Å². The number of aryl methyl sites for hydroxylation is 2. The van der Waals surface area contributed by atoms with Crippen LogP contribution in [-0.4, -0.2) is 28.8 Å². The maximum absolute atomic E-state index is 13.1. The van der Waals surface area contributed by atoms with Gasteiger partial charge in [0.25, 0.3) is 0 Å². The van der Waals surface area contributed by atoms with E-state index in [-0.39, 0.29) is 17.9 Å². The molecule has 156 valence electrons. The van der Waals surface area contributed by atoms with Gasteiger partial charge in [0.15, 0.2) is 0 Å². The summed E-state index contributed by atoms with van der Waals surface area (Å²) in [5.41, 5.74) is 3.32. The number of carbonyl (C=O) groups is 2. The summed E-state index contributed by atoms with van der Waals surface area (Å²) in [6.07, 6.45) is 1.89. The Morgan fingerprint density at radius 1 is 1.07 bits per heavy atom. The SMILES string of the molecule is CCC(C)NC(=O)C(C)N(Cc1cccc(Br)c1)C(=O)CCc1ccc(C)cc1. The van der Waals surface area contributed by atoms with Crippen LogP contribution in [-0.2, 0) is 22.6 Å². The van der Waals surface area contributed by atoms with E-state index in [9.17, 15) is 9.59 Å². The minimum absolute atomic E-state index is 0.0163. The Morgan fingerprint density at radius 2 is 1.76 bits per heavy atom. The van der Waals surface area contributed by atoms with Gasteiger partial charge in [-0.15, -0.1) is 0 Å². The monoisotopic (exact) mass is 458 g/mol. The zero-order valence-electron chi connectivity index (χ0n) is 17.7. The molecule has 0 spiro atoms. The minimum Gasteiger partial charge on any atom is -0.352 e. The highest BCUT2D eigenvalue weighted by molar-refractivity contribution is 9.10. The van der Waals surface area contributed by atoms with E-state index in [2.05, 4.69) is 45.5 Å². The van der Waals surface area contributed by atoms with Crippen LogP contribution in [0.5, 0.6) is 0 Å². The molecule has 2 rings (SSSR count). The van der Waals surface area contributed by atoms with Crippen LogP contribution in [0.4, 0.5) is 0 Å². The molecule has 0 fully saturated rings. The average molecular weight is 459 g/mol. The van der Waals surface area contributed by atoms with Gasteiger partial charge >= 0.3 is 0 Å². The quantitative estimate of drug-likeness (QED) is 0.573. The van der Waals surface area contributed by atoms with Gasteiger partial charge in [0.05, 0.1) is 0 Å². The second-order valence-electron chi connectivity index (χ2n) is 7.63. The first-order valence-electron chi connectivity index (χ1n) is 10.2. The zero-order chi connectivity index (χ0) is 21.4. The number of hydrogen-bond donors (Lipinski definition) is 1. The molecule has 4 nitrogen and oxygen atoms in total. The molecule has 0 saturated heterocycles. The van der Waals surface area contributed by atoms with Crippen molar-refractivity contribution in [2.45, 2.75) is 65.6 Å². The molecule has 0 aliphatic carbocycles. The normalized spacial score (nSPS) is 12.9. The smallest absolute Gasteiger partial charge is 0.242 e. The lowest BCUT2D eigenvalue weighted by Gasteiger charge is -2.30. The van der Waals surface area contributed by atoms with Gasteiger partial charge in [-0.1, -0.05) is 64.8 Å². The molecule has 2 atom stereocenters. The number of amides is 2. The Morgan fingerprint density at radius 3 is 2.38 bits per heavy atom. The summed E-state index contributed by atoms with van der Waals surface area (Å²) in [4.78, 5) is 27.5. The Kier molecular flexibility index (Phi) is 8.90. The average Bonchev–Trinajstić information content (AvgIpc) is 2.70. The first-order chi connectivity index (χ1) is 13.8. The molecular weight excluding hydrogens is 428 g/mol. The van der Waals surface area contributed by atoms with Gasteiger partial charge in [0.1, 0.15) is 6.04 Å². The second-order valence-corrected chi connectivity index (χ2v) is 8.55. The molecule has 0 bridgehead atoms. The summed E-state index contributed by atoms with van der Waals surface area (Å²) < 4.78 is 0.957. The van der Waals surface area contributed by atoms with Gasteiger partial charge in [-0.05, 0) is 56.9 Å². The Bertz CT molecular complexity index is 820. The van der Waals surface area contributed by atoms with Crippen LogP contribution in [0.15, 0.2) is 53.0 Å². The third-order valence-electron chi connectivity index (χ3n) is 5.16. The van der Waals surface area contributed by atoms with E-state index in [1.54, 1.807) is 11.8 Å². The van der Waals surface area contributed by atoms with Crippen molar-refractivity contribution in [1.82, 2.24) is 10.2 Å². The molecule has 1 N–H and O–H groups in total. The van der Waals surface area contributed by atoms with Gasteiger partial charge < -0.3 is 10.2 Å². The second kappa shape index (κ2) is 11.1. The standard InChI is InChI=1S/C24H31BrN2O2/c1-5-18(3)26-24(29)19(4)27(16-21-7-6-8-22(25)15-21)23(28)14-13-20-11-9-17(2)10-12-20/h6-12,15,18-19H,5,13-14,16H2,1-4H3,(H,26,29). The van der Waals surface area contributed by atoms with E-state index in [1.165, 1.54) is 5.56 Å². The number of halogens is 1. The van der Waals surface area contributed by atoms with E-state index in [4.69, 9.17) is 0 Å². The maximum Gasteiger partial charge on any atom is 0.242 e. The predicted octanol–water partition coefficient (Wildman–Crippen LogP) is 5.02. The lowest BCUT2D eigenvalue weighted by molar-refractivity contribution is -0.140. The van der Waals surface area contributed by atoms with E-state index in [1.807, 2.05) is 45.0 Å². The van der Waals surface area contributed by atoms with Crippen LogP contribution in [0, 0.1) is 6.92 Å². The fraction of sp³-hybridized carbons (Fsp3) is 0.417. The van der Waals surface area contributed by atoms with Gasteiger partial charge in [-0.3, -0.25) is 9.59 Å². The highest BCUT2D eigenvalue weighted by Crippen LogP contribution is 2.17. The molecule has 0 aromatic heterocycles. The predicted molar refractivity (Wildman–Crippen MR) is 122 cm³/mol. The largest absolute Gasteiger partial charge is 0.352 e. The number of nitrogens with zero attached hydrogens (tertiary/aromatic N) is 1. The summed E-state index contributed by atoms with van der Waals surface area (Å²) in [5.74, 6) is -0.129. The van der Waals surface area contributed by atoms with Gasteiger partial charge in [-0.2, -0.15) is 0 Å². The van der Waals surface area contributed by atoms with Crippen molar-refractivity contribution in [2.24, 2.45) is 0 Å². The van der Waals surface area contributed by atoms with Crippen LogP contribution in [0.25, 0.3) is 0 Å². The summed E-state index contributed by atoms with van der Waals surface area (Å²) in [5, 5.41) is 3.00. The van der Waals surface area contributed by atoms with Crippen molar-refractivity contribution >= 4 is 27.7 Å². The van der Waals surface area contributed by atoms with Crippen molar-refractivity contribution in [3.8, 4) is 0 Å². The number of carbonyl (C=O) groups excluding carboxylic acids is 2. The lowest BCUT2D eigenvalue weighted by Crippen LogP contribution is -2.49. The number of nitrogens with one attached hydrogen (secondary N) is 1. The molecule has 5 heteroatoms. The van der Waals surface area contributed by atoms with Crippen LogP contribution in [0.1, 0.15) is 50.3 Å².